The summed E-state index contributed by atoms with van der Waals surface area (Å²) < 4.78 is 5.11. The Morgan fingerprint density at radius 1 is 0.950 bits per heavy atom. The molecule has 0 saturated carbocycles. The van der Waals surface area contributed by atoms with Crippen molar-refractivity contribution in [3.63, 3.8) is 0 Å². The summed E-state index contributed by atoms with van der Waals surface area (Å²) in [6, 6.07) is 18.7. The van der Waals surface area contributed by atoms with Crippen molar-refractivity contribution in [1.29, 1.82) is 0 Å². The molecule has 4 heteroatoms. The molecular weight excluding hydrogens is 252 g/mol. The minimum Gasteiger partial charge on any atom is -0.507 e. The number of aromatic nitrogens is 2. The molecular formula is C16H12N2O2. The van der Waals surface area contributed by atoms with E-state index >= 15 is 0 Å². The zero-order valence-corrected chi connectivity index (χ0v) is 10.6. The SMILES string of the molecule is O/C(=C/c1nc(-c2ccccc2)no1)c1ccccc1. The normalized spacial score (nSPS) is 11.5. The number of aliphatic hydroxyl groups excluding tert-OH is 1. The summed E-state index contributed by atoms with van der Waals surface area (Å²) in [5.74, 6) is 0.858. The summed E-state index contributed by atoms with van der Waals surface area (Å²) in [5.41, 5.74) is 1.57. The number of hydrogen-bond acceptors (Lipinski definition) is 4. The Balaban J connectivity index is 1.88. The maximum Gasteiger partial charge on any atom is 0.254 e. The summed E-state index contributed by atoms with van der Waals surface area (Å²) in [6.45, 7) is 0. The van der Waals surface area contributed by atoms with Gasteiger partial charge in [0.2, 0.25) is 5.82 Å². The van der Waals surface area contributed by atoms with Crippen molar-refractivity contribution in [2.75, 3.05) is 0 Å². The Kier molecular flexibility index (Phi) is 3.29. The Morgan fingerprint density at radius 2 is 1.60 bits per heavy atom. The van der Waals surface area contributed by atoms with E-state index in [0.29, 0.717) is 11.4 Å². The van der Waals surface area contributed by atoms with Crippen LogP contribution in [0.1, 0.15) is 11.5 Å². The lowest BCUT2D eigenvalue weighted by molar-refractivity contribution is 0.409. The number of rotatable bonds is 3. The van der Waals surface area contributed by atoms with Crippen molar-refractivity contribution >= 4 is 11.8 Å². The average Bonchev–Trinajstić information content (AvgIpc) is 2.97. The molecule has 0 fully saturated rings. The van der Waals surface area contributed by atoms with Gasteiger partial charge in [0.1, 0.15) is 5.76 Å². The van der Waals surface area contributed by atoms with Gasteiger partial charge in [-0.15, -0.1) is 0 Å². The minimum atomic E-state index is 0.0915. The van der Waals surface area contributed by atoms with Crippen molar-refractivity contribution < 1.29 is 9.63 Å². The lowest BCUT2D eigenvalue weighted by atomic mass is 10.2. The third-order valence-electron chi connectivity index (χ3n) is 2.80. The molecule has 1 N–H and O–H groups in total. The van der Waals surface area contributed by atoms with Gasteiger partial charge in [0, 0.05) is 17.2 Å². The maximum absolute atomic E-state index is 9.99. The van der Waals surface area contributed by atoms with E-state index in [1.54, 1.807) is 12.1 Å². The lowest BCUT2D eigenvalue weighted by Crippen LogP contribution is -1.83. The van der Waals surface area contributed by atoms with Crippen LogP contribution >= 0.6 is 0 Å². The van der Waals surface area contributed by atoms with E-state index in [0.717, 1.165) is 5.56 Å². The molecule has 0 bridgehead atoms. The van der Waals surface area contributed by atoms with Crippen LogP contribution in [0.25, 0.3) is 23.2 Å². The van der Waals surface area contributed by atoms with Crippen molar-refractivity contribution in [1.82, 2.24) is 10.1 Å². The van der Waals surface area contributed by atoms with Gasteiger partial charge in [-0.05, 0) is 0 Å². The third kappa shape index (κ3) is 2.59. The second-order valence-electron chi connectivity index (χ2n) is 4.22. The minimum absolute atomic E-state index is 0.0915. The van der Waals surface area contributed by atoms with E-state index in [1.807, 2.05) is 48.5 Å². The van der Waals surface area contributed by atoms with Gasteiger partial charge >= 0.3 is 0 Å². The first-order chi connectivity index (χ1) is 9.83. The highest BCUT2D eigenvalue weighted by molar-refractivity contribution is 5.73. The molecule has 0 amide bonds. The second kappa shape index (κ2) is 5.40. The molecule has 0 aliphatic carbocycles. The number of aliphatic hydroxyl groups is 1. The number of hydrogen-bond donors (Lipinski definition) is 1. The molecule has 0 aliphatic heterocycles. The smallest absolute Gasteiger partial charge is 0.254 e. The quantitative estimate of drug-likeness (QED) is 0.731. The first-order valence-corrected chi connectivity index (χ1v) is 6.18. The standard InChI is InChI=1S/C16H12N2O2/c19-14(12-7-3-1-4-8-12)11-15-17-16(18-20-15)13-9-5-2-6-10-13/h1-11,19H/b14-11+. The molecule has 1 aromatic heterocycles. The highest BCUT2D eigenvalue weighted by Crippen LogP contribution is 2.18. The summed E-state index contributed by atoms with van der Waals surface area (Å²) in [4.78, 5) is 4.23. The van der Waals surface area contributed by atoms with Crippen molar-refractivity contribution in [2.45, 2.75) is 0 Å². The van der Waals surface area contributed by atoms with Gasteiger partial charge < -0.3 is 9.63 Å². The first-order valence-electron chi connectivity index (χ1n) is 6.18. The van der Waals surface area contributed by atoms with Crippen LogP contribution in [0.5, 0.6) is 0 Å². The zero-order chi connectivity index (χ0) is 13.8. The number of nitrogens with zero attached hydrogens (tertiary/aromatic N) is 2. The average molecular weight is 264 g/mol. The molecule has 0 atom stereocenters. The second-order valence-corrected chi connectivity index (χ2v) is 4.22. The Hall–Kier alpha value is -2.88. The summed E-state index contributed by atoms with van der Waals surface area (Å²) in [7, 11) is 0. The topological polar surface area (TPSA) is 59.2 Å². The van der Waals surface area contributed by atoms with Gasteiger partial charge in [-0.1, -0.05) is 65.8 Å². The van der Waals surface area contributed by atoms with E-state index in [2.05, 4.69) is 10.1 Å². The monoisotopic (exact) mass is 264 g/mol. The number of benzene rings is 2. The Morgan fingerprint density at radius 3 is 2.30 bits per heavy atom. The van der Waals surface area contributed by atoms with E-state index < -0.39 is 0 Å². The van der Waals surface area contributed by atoms with Crippen LogP contribution in [0.2, 0.25) is 0 Å². The van der Waals surface area contributed by atoms with Crippen LogP contribution in [0.15, 0.2) is 65.2 Å². The van der Waals surface area contributed by atoms with Gasteiger partial charge in [-0.25, -0.2) is 0 Å². The molecule has 0 spiro atoms. The van der Waals surface area contributed by atoms with Gasteiger partial charge in [0.15, 0.2) is 0 Å². The van der Waals surface area contributed by atoms with Crippen LogP contribution < -0.4 is 0 Å². The van der Waals surface area contributed by atoms with Crippen molar-refractivity contribution in [3.8, 4) is 11.4 Å². The van der Waals surface area contributed by atoms with Crippen LogP contribution in [0.4, 0.5) is 0 Å². The molecule has 3 aromatic rings. The first kappa shape index (κ1) is 12.2. The maximum atomic E-state index is 9.99. The molecule has 1 heterocycles. The Labute approximate surface area is 116 Å². The van der Waals surface area contributed by atoms with E-state index in [4.69, 9.17) is 4.52 Å². The highest BCUT2D eigenvalue weighted by Gasteiger charge is 2.07. The van der Waals surface area contributed by atoms with Gasteiger partial charge in [-0.2, -0.15) is 4.98 Å². The molecule has 3 rings (SSSR count). The summed E-state index contributed by atoms with van der Waals surface area (Å²) in [5, 5.41) is 13.9. The van der Waals surface area contributed by atoms with Crippen LogP contribution in [0.3, 0.4) is 0 Å². The van der Waals surface area contributed by atoms with Crippen molar-refractivity contribution in [2.24, 2.45) is 0 Å². The van der Waals surface area contributed by atoms with E-state index in [9.17, 15) is 5.11 Å². The molecule has 0 unspecified atom stereocenters. The fraction of sp³-hybridized carbons (Fsp3) is 0. The molecule has 0 radical (unpaired) electrons. The molecule has 0 aliphatic rings. The molecule has 4 nitrogen and oxygen atoms in total. The summed E-state index contributed by atoms with van der Waals surface area (Å²) in [6.07, 6.45) is 1.45. The van der Waals surface area contributed by atoms with Crippen LogP contribution in [-0.4, -0.2) is 15.2 Å². The predicted octanol–water partition coefficient (Wildman–Crippen LogP) is 3.79. The molecule has 0 saturated heterocycles. The third-order valence-corrected chi connectivity index (χ3v) is 2.80. The highest BCUT2D eigenvalue weighted by atomic mass is 16.5. The fourth-order valence-electron chi connectivity index (χ4n) is 1.81. The molecule has 98 valence electrons. The van der Waals surface area contributed by atoms with Crippen LogP contribution in [-0.2, 0) is 0 Å². The zero-order valence-electron chi connectivity index (χ0n) is 10.6. The van der Waals surface area contributed by atoms with Crippen molar-refractivity contribution in [3.05, 3.63) is 72.1 Å². The van der Waals surface area contributed by atoms with Gasteiger partial charge in [0.05, 0.1) is 0 Å². The van der Waals surface area contributed by atoms with Gasteiger partial charge in [0.25, 0.3) is 5.89 Å². The van der Waals surface area contributed by atoms with Gasteiger partial charge in [-0.3, -0.25) is 0 Å². The largest absolute Gasteiger partial charge is 0.507 e. The van der Waals surface area contributed by atoms with E-state index in [1.165, 1.54) is 6.08 Å². The fourth-order valence-corrected chi connectivity index (χ4v) is 1.81. The lowest BCUT2D eigenvalue weighted by Gasteiger charge is -1.96. The molecule has 20 heavy (non-hydrogen) atoms. The summed E-state index contributed by atoms with van der Waals surface area (Å²) >= 11 is 0. The predicted molar refractivity (Wildman–Crippen MR) is 76.7 cm³/mol. The van der Waals surface area contributed by atoms with E-state index in [-0.39, 0.29) is 11.6 Å². The molecule has 2 aromatic carbocycles. The van der Waals surface area contributed by atoms with Crippen LogP contribution in [0, 0.1) is 0 Å². The Bertz CT molecular complexity index is 719.